The number of benzene rings is 1. The van der Waals surface area contributed by atoms with E-state index in [0.29, 0.717) is 5.75 Å². The third-order valence-corrected chi connectivity index (χ3v) is 1.87. The fraction of sp³-hybridized carbons (Fsp3) is 0. The lowest BCUT2D eigenvalue weighted by atomic mass is 9.96. The molecule has 11 heavy (non-hydrogen) atoms. The maximum Gasteiger partial charge on any atom is 0.142 e. The van der Waals surface area contributed by atoms with Crippen molar-refractivity contribution in [3.05, 3.63) is 24.4 Å². The van der Waals surface area contributed by atoms with E-state index < -0.39 is 0 Å². The minimum absolute atomic E-state index is 0.320. The molecular formula is C8H8BNO. The second kappa shape index (κ2) is 2.05. The van der Waals surface area contributed by atoms with Crippen LogP contribution >= 0.6 is 0 Å². The lowest BCUT2D eigenvalue weighted by Gasteiger charge is -1.92. The van der Waals surface area contributed by atoms with E-state index in [-0.39, 0.29) is 0 Å². The van der Waals surface area contributed by atoms with Gasteiger partial charge < -0.3 is 10.1 Å². The molecule has 0 radical (unpaired) electrons. The minimum Gasteiger partial charge on any atom is -0.508 e. The van der Waals surface area contributed by atoms with Crippen molar-refractivity contribution in [3.63, 3.8) is 0 Å². The normalized spacial score (nSPS) is 10.5. The van der Waals surface area contributed by atoms with Crippen LogP contribution in [0.25, 0.3) is 10.9 Å². The molecule has 1 heterocycles. The fourth-order valence-corrected chi connectivity index (χ4v) is 1.25. The zero-order chi connectivity index (χ0) is 7.84. The molecule has 1 aromatic heterocycles. The Morgan fingerprint density at radius 1 is 1.36 bits per heavy atom. The number of rotatable bonds is 0. The summed E-state index contributed by atoms with van der Waals surface area (Å²) in [4.78, 5) is 3.10. The molecule has 1 aromatic carbocycles. The summed E-state index contributed by atoms with van der Waals surface area (Å²) in [5.41, 5.74) is 2.23. The number of aromatic hydroxyl groups is 1. The molecule has 2 aromatic rings. The van der Waals surface area contributed by atoms with E-state index in [1.54, 1.807) is 12.1 Å². The highest BCUT2D eigenvalue weighted by molar-refractivity contribution is 6.38. The SMILES string of the molecule is Bc1c[nH]c2ccc(O)cc12. The summed E-state index contributed by atoms with van der Waals surface area (Å²) in [6.45, 7) is 0. The summed E-state index contributed by atoms with van der Waals surface area (Å²) in [5.74, 6) is 0.320. The standard InChI is InChI=1S/C8H8BNO/c9-7-4-10-8-2-1-5(11)3-6(7)8/h1-4,10-11H,9H2. The van der Waals surface area contributed by atoms with Gasteiger partial charge in [0.1, 0.15) is 13.6 Å². The number of phenolic OH excluding ortho intramolecular Hbond substituents is 1. The predicted molar refractivity (Wildman–Crippen MR) is 48.1 cm³/mol. The Balaban J connectivity index is 2.87. The molecule has 54 valence electrons. The summed E-state index contributed by atoms with van der Waals surface area (Å²) in [7, 11) is 2.01. The van der Waals surface area contributed by atoms with Gasteiger partial charge in [0, 0.05) is 5.52 Å². The molecule has 0 fully saturated rings. The molecular weight excluding hydrogens is 137 g/mol. The van der Waals surface area contributed by atoms with Crippen molar-refractivity contribution < 1.29 is 5.11 Å². The smallest absolute Gasteiger partial charge is 0.142 e. The third-order valence-electron chi connectivity index (χ3n) is 1.87. The van der Waals surface area contributed by atoms with Crippen molar-refractivity contribution in [3.8, 4) is 5.75 Å². The molecule has 2 nitrogen and oxygen atoms in total. The predicted octanol–water partition coefficient (Wildman–Crippen LogP) is 0.132. The van der Waals surface area contributed by atoms with Crippen LogP contribution in [0.3, 0.4) is 0 Å². The number of aromatic amines is 1. The van der Waals surface area contributed by atoms with Crippen molar-refractivity contribution in [1.29, 1.82) is 0 Å². The molecule has 2 rings (SSSR count). The van der Waals surface area contributed by atoms with Crippen LogP contribution in [-0.4, -0.2) is 17.9 Å². The van der Waals surface area contributed by atoms with Crippen molar-refractivity contribution in [2.45, 2.75) is 0 Å². The molecule has 0 aliphatic heterocycles. The van der Waals surface area contributed by atoms with Crippen LogP contribution in [0, 0.1) is 0 Å². The van der Waals surface area contributed by atoms with Gasteiger partial charge in [0.15, 0.2) is 0 Å². The number of phenols is 1. The van der Waals surface area contributed by atoms with Crippen LogP contribution in [0.2, 0.25) is 0 Å². The highest BCUT2D eigenvalue weighted by atomic mass is 16.3. The summed E-state index contributed by atoms with van der Waals surface area (Å²) in [6, 6.07) is 5.32. The molecule has 0 aliphatic carbocycles. The van der Waals surface area contributed by atoms with Gasteiger partial charge >= 0.3 is 0 Å². The molecule has 3 heteroatoms. The first-order chi connectivity index (χ1) is 5.27. The Morgan fingerprint density at radius 2 is 2.18 bits per heavy atom. The van der Waals surface area contributed by atoms with Crippen molar-refractivity contribution in [2.75, 3.05) is 0 Å². The topological polar surface area (TPSA) is 36.0 Å². The van der Waals surface area contributed by atoms with Crippen LogP contribution in [0.1, 0.15) is 0 Å². The second-order valence-electron chi connectivity index (χ2n) is 2.70. The van der Waals surface area contributed by atoms with Crippen LogP contribution in [0.15, 0.2) is 24.4 Å². The second-order valence-corrected chi connectivity index (χ2v) is 2.70. The number of hydrogen-bond donors (Lipinski definition) is 2. The van der Waals surface area contributed by atoms with E-state index in [1.807, 2.05) is 20.1 Å². The van der Waals surface area contributed by atoms with Gasteiger partial charge in [0.05, 0.1) is 0 Å². The van der Waals surface area contributed by atoms with Gasteiger partial charge in [-0.15, -0.1) is 0 Å². The number of H-pyrrole nitrogens is 1. The maximum atomic E-state index is 9.16. The highest BCUT2D eigenvalue weighted by Crippen LogP contribution is 2.15. The fourth-order valence-electron chi connectivity index (χ4n) is 1.25. The highest BCUT2D eigenvalue weighted by Gasteiger charge is 1.98. The van der Waals surface area contributed by atoms with Gasteiger partial charge in [-0.25, -0.2) is 0 Å². The average molecular weight is 145 g/mol. The average Bonchev–Trinajstić information content (AvgIpc) is 2.33. The minimum atomic E-state index is 0.320. The van der Waals surface area contributed by atoms with Gasteiger partial charge in [0.2, 0.25) is 0 Å². The number of nitrogens with one attached hydrogen (secondary N) is 1. The number of hydrogen-bond acceptors (Lipinski definition) is 1. The quantitative estimate of drug-likeness (QED) is 0.508. The molecule has 2 N–H and O–H groups in total. The Kier molecular flexibility index (Phi) is 1.18. The molecule has 0 saturated heterocycles. The molecule has 0 bridgehead atoms. The first-order valence-electron chi connectivity index (χ1n) is 3.54. The van der Waals surface area contributed by atoms with Gasteiger partial charge in [-0.05, 0) is 29.8 Å². The third kappa shape index (κ3) is 0.890. The van der Waals surface area contributed by atoms with E-state index in [0.717, 1.165) is 16.4 Å². The summed E-state index contributed by atoms with van der Waals surface area (Å²) >= 11 is 0. The van der Waals surface area contributed by atoms with Crippen LogP contribution in [0.4, 0.5) is 0 Å². The Labute approximate surface area is 65.3 Å². The number of aromatic nitrogens is 1. The van der Waals surface area contributed by atoms with Crippen molar-refractivity contribution in [2.24, 2.45) is 0 Å². The lowest BCUT2D eigenvalue weighted by Crippen LogP contribution is -1.96. The van der Waals surface area contributed by atoms with Gasteiger partial charge in [0.25, 0.3) is 0 Å². The first kappa shape index (κ1) is 6.34. The summed E-state index contributed by atoms with van der Waals surface area (Å²) < 4.78 is 0. The zero-order valence-electron chi connectivity index (χ0n) is 6.26. The summed E-state index contributed by atoms with van der Waals surface area (Å²) in [5, 5.41) is 10.2. The van der Waals surface area contributed by atoms with Gasteiger partial charge in [-0.2, -0.15) is 0 Å². The zero-order valence-corrected chi connectivity index (χ0v) is 6.26. The van der Waals surface area contributed by atoms with Crippen LogP contribution < -0.4 is 5.46 Å². The summed E-state index contributed by atoms with van der Waals surface area (Å²) in [6.07, 6.45) is 1.93. The first-order valence-corrected chi connectivity index (χ1v) is 3.54. The molecule has 0 amide bonds. The lowest BCUT2D eigenvalue weighted by molar-refractivity contribution is 0.476. The largest absolute Gasteiger partial charge is 0.508 e. The van der Waals surface area contributed by atoms with Crippen molar-refractivity contribution >= 4 is 24.2 Å². The molecule has 0 atom stereocenters. The maximum absolute atomic E-state index is 9.16. The molecule has 0 aliphatic rings. The van der Waals surface area contributed by atoms with Crippen molar-refractivity contribution in [1.82, 2.24) is 4.98 Å². The van der Waals surface area contributed by atoms with Gasteiger partial charge in [-0.1, -0.05) is 5.46 Å². The van der Waals surface area contributed by atoms with E-state index in [9.17, 15) is 0 Å². The molecule has 0 spiro atoms. The molecule has 0 unspecified atom stereocenters. The Bertz CT molecular complexity index is 394. The van der Waals surface area contributed by atoms with Crippen LogP contribution in [-0.2, 0) is 0 Å². The van der Waals surface area contributed by atoms with Crippen LogP contribution in [0.5, 0.6) is 5.75 Å². The Morgan fingerprint density at radius 3 is 3.00 bits per heavy atom. The Hall–Kier alpha value is -1.38. The molecule has 0 saturated carbocycles. The van der Waals surface area contributed by atoms with E-state index >= 15 is 0 Å². The van der Waals surface area contributed by atoms with E-state index in [2.05, 4.69) is 4.98 Å². The van der Waals surface area contributed by atoms with E-state index in [4.69, 9.17) is 5.11 Å². The number of fused-ring (bicyclic) bond motifs is 1. The van der Waals surface area contributed by atoms with E-state index in [1.165, 1.54) is 0 Å². The monoisotopic (exact) mass is 145 g/mol. The van der Waals surface area contributed by atoms with Gasteiger partial charge in [-0.3, -0.25) is 0 Å².